The van der Waals surface area contributed by atoms with Gasteiger partial charge < -0.3 is 4.74 Å². The van der Waals surface area contributed by atoms with E-state index in [4.69, 9.17) is 10.00 Å². The van der Waals surface area contributed by atoms with Crippen molar-refractivity contribution in [3.05, 3.63) is 28.6 Å². The molecule has 1 heterocycles. The quantitative estimate of drug-likeness (QED) is 0.614. The number of carbonyl (C=O) groups excluding carboxylic acids is 1. The molecule has 0 fully saturated rings. The average Bonchev–Trinajstić information content (AvgIpc) is 2.38. The second kappa shape index (κ2) is 7.14. The molecule has 7 heteroatoms. The largest absolute Gasteiger partial charge is 0.466 e. The minimum atomic E-state index is -2.71. The van der Waals surface area contributed by atoms with E-state index < -0.39 is 12.4 Å². The summed E-state index contributed by atoms with van der Waals surface area (Å²) in [6.07, 6.45) is -1.99. The standard InChI is InChI=1S/C12H11BrF2N2O2/c1-2-19-11(18)3-7-8(4-13)9(12(14)15)6-17-10(7)5-16/h6,12H,2-4H2,1H3. The first-order valence-corrected chi connectivity index (χ1v) is 6.57. The van der Waals surface area contributed by atoms with E-state index in [1.165, 1.54) is 0 Å². The normalized spacial score (nSPS) is 10.3. The number of halogens is 3. The molecule has 0 aliphatic carbocycles. The molecule has 0 amide bonds. The zero-order chi connectivity index (χ0) is 14.4. The number of hydrogen-bond donors (Lipinski definition) is 0. The zero-order valence-corrected chi connectivity index (χ0v) is 11.7. The third-order valence-corrected chi connectivity index (χ3v) is 2.99. The van der Waals surface area contributed by atoms with E-state index in [9.17, 15) is 13.6 Å². The number of carbonyl (C=O) groups is 1. The molecule has 0 aromatic carbocycles. The second-order valence-electron chi connectivity index (χ2n) is 3.55. The van der Waals surface area contributed by atoms with E-state index in [1.54, 1.807) is 13.0 Å². The molecule has 0 unspecified atom stereocenters. The van der Waals surface area contributed by atoms with E-state index >= 15 is 0 Å². The van der Waals surface area contributed by atoms with Crippen LogP contribution in [-0.4, -0.2) is 17.6 Å². The van der Waals surface area contributed by atoms with Crippen LogP contribution in [0.2, 0.25) is 0 Å². The van der Waals surface area contributed by atoms with E-state index in [0.29, 0.717) is 0 Å². The molecule has 0 bridgehead atoms. The Balaban J connectivity index is 3.28. The molecule has 0 aliphatic rings. The Kier molecular flexibility index (Phi) is 5.83. The molecule has 0 aliphatic heterocycles. The monoisotopic (exact) mass is 332 g/mol. The van der Waals surface area contributed by atoms with Gasteiger partial charge in [0.15, 0.2) is 0 Å². The summed E-state index contributed by atoms with van der Waals surface area (Å²) < 4.78 is 30.5. The van der Waals surface area contributed by atoms with Crippen molar-refractivity contribution in [3.8, 4) is 6.07 Å². The lowest BCUT2D eigenvalue weighted by Crippen LogP contribution is -2.13. The molecule has 1 rings (SSSR count). The van der Waals surface area contributed by atoms with Crippen LogP contribution in [0.4, 0.5) is 8.78 Å². The van der Waals surface area contributed by atoms with Crippen molar-refractivity contribution in [1.29, 1.82) is 5.26 Å². The average molecular weight is 333 g/mol. The molecule has 4 nitrogen and oxygen atoms in total. The fraction of sp³-hybridized carbons (Fsp3) is 0.417. The van der Waals surface area contributed by atoms with Crippen LogP contribution in [0.5, 0.6) is 0 Å². The van der Waals surface area contributed by atoms with Crippen LogP contribution >= 0.6 is 15.9 Å². The molecule has 0 spiro atoms. The van der Waals surface area contributed by atoms with Gasteiger partial charge in [0, 0.05) is 22.7 Å². The highest BCUT2D eigenvalue weighted by Gasteiger charge is 2.21. The number of esters is 1. The van der Waals surface area contributed by atoms with Crippen LogP contribution < -0.4 is 0 Å². The van der Waals surface area contributed by atoms with Crippen LogP contribution in [-0.2, 0) is 21.3 Å². The Labute approximate surface area is 117 Å². The van der Waals surface area contributed by atoms with Crippen molar-refractivity contribution in [2.45, 2.75) is 25.1 Å². The third-order valence-electron chi connectivity index (χ3n) is 2.43. The molecule has 0 N–H and O–H groups in total. The van der Waals surface area contributed by atoms with Gasteiger partial charge in [-0.05, 0) is 12.5 Å². The molecule has 0 saturated carbocycles. The maximum Gasteiger partial charge on any atom is 0.310 e. The molecule has 1 aromatic heterocycles. The number of aromatic nitrogens is 1. The number of hydrogen-bond acceptors (Lipinski definition) is 4. The first kappa shape index (κ1) is 15.5. The van der Waals surface area contributed by atoms with Crippen molar-refractivity contribution < 1.29 is 18.3 Å². The van der Waals surface area contributed by atoms with Gasteiger partial charge in [-0.3, -0.25) is 4.79 Å². The van der Waals surface area contributed by atoms with Gasteiger partial charge in [0.2, 0.25) is 0 Å². The lowest BCUT2D eigenvalue weighted by atomic mass is 10.0. The molecule has 1 aromatic rings. The molecular weight excluding hydrogens is 322 g/mol. The highest BCUT2D eigenvalue weighted by molar-refractivity contribution is 9.08. The summed E-state index contributed by atoms with van der Waals surface area (Å²) in [7, 11) is 0. The summed E-state index contributed by atoms with van der Waals surface area (Å²) >= 11 is 3.10. The number of rotatable bonds is 5. The molecule has 102 valence electrons. The number of nitriles is 1. The SMILES string of the molecule is CCOC(=O)Cc1c(C#N)ncc(C(F)F)c1CBr. The van der Waals surface area contributed by atoms with Gasteiger partial charge in [-0.25, -0.2) is 13.8 Å². The van der Waals surface area contributed by atoms with Crippen LogP contribution in [0.1, 0.15) is 35.7 Å². The topological polar surface area (TPSA) is 63.0 Å². The molecule has 0 atom stereocenters. The van der Waals surface area contributed by atoms with Crippen molar-refractivity contribution >= 4 is 21.9 Å². The second-order valence-corrected chi connectivity index (χ2v) is 4.11. The Bertz CT molecular complexity index is 515. The molecular formula is C12H11BrF2N2O2. The Hall–Kier alpha value is -1.55. The number of nitrogens with zero attached hydrogens (tertiary/aromatic N) is 2. The fourth-order valence-corrected chi connectivity index (χ4v) is 2.26. The third kappa shape index (κ3) is 3.70. The first-order chi connectivity index (χ1) is 9.04. The van der Waals surface area contributed by atoms with Crippen molar-refractivity contribution in [3.63, 3.8) is 0 Å². The van der Waals surface area contributed by atoms with E-state index in [1.807, 2.05) is 0 Å². The summed E-state index contributed by atoms with van der Waals surface area (Å²) in [5.41, 5.74) is 0.0901. The predicted octanol–water partition coefficient (Wildman–Crippen LogP) is 2.89. The van der Waals surface area contributed by atoms with Crippen molar-refractivity contribution in [1.82, 2.24) is 4.98 Å². The molecule has 19 heavy (non-hydrogen) atoms. The fourth-order valence-electron chi connectivity index (χ4n) is 1.60. The van der Waals surface area contributed by atoms with E-state index in [-0.39, 0.29) is 40.7 Å². The zero-order valence-electron chi connectivity index (χ0n) is 10.1. The van der Waals surface area contributed by atoms with Gasteiger partial charge in [0.25, 0.3) is 6.43 Å². The minimum absolute atomic E-state index is 0.0353. The summed E-state index contributed by atoms with van der Waals surface area (Å²) in [6.45, 7) is 1.83. The Morgan fingerprint density at radius 2 is 2.26 bits per heavy atom. The Morgan fingerprint density at radius 1 is 1.58 bits per heavy atom. The smallest absolute Gasteiger partial charge is 0.310 e. The summed E-state index contributed by atoms with van der Waals surface area (Å²) in [5, 5.41) is 9.05. The van der Waals surface area contributed by atoms with Crippen molar-refractivity contribution in [2.24, 2.45) is 0 Å². The summed E-state index contributed by atoms with van der Waals surface area (Å²) in [6, 6.07) is 1.80. The van der Waals surface area contributed by atoms with Gasteiger partial charge in [0.05, 0.1) is 13.0 Å². The lowest BCUT2D eigenvalue weighted by molar-refractivity contribution is -0.142. The van der Waals surface area contributed by atoms with Crippen LogP contribution in [0.3, 0.4) is 0 Å². The van der Waals surface area contributed by atoms with Crippen LogP contribution in [0.15, 0.2) is 6.20 Å². The maximum absolute atomic E-state index is 12.9. The van der Waals surface area contributed by atoms with E-state index in [2.05, 4.69) is 20.9 Å². The highest BCUT2D eigenvalue weighted by Crippen LogP contribution is 2.28. The molecule has 0 radical (unpaired) electrons. The maximum atomic E-state index is 12.9. The van der Waals surface area contributed by atoms with Gasteiger partial charge >= 0.3 is 5.97 Å². The lowest BCUT2D eigenvalue weighted by Gasteiger charge is -2.13. The van der Waals surface area contributed by atoms with Gasteiger partial charge in [0.1, 0.15) is 11.8 Å². The van der Waals surface area contributed by atoms with Crippen LogP contribution in [0, 0.1) is 11.3 Å². The first-order valence-electron chi connectivity index (χ1n) is 5.45. The minimum Gasteiger partial charge on any atom is -0.466 e. The van der Waals surface area contributed by atoms with E-state index in [0.717, 1.165) is 6.20 Å². The summed E-state index contributed by atoms with van der Waals surface area (Å²) in [5.74, 6) is -0.575. The Morgan fingerprint density at radius 3 is 2.74 bits per heavy atom. The molecule has 0 saturated heterocycles. The number of alkyl halides is 3. The van der Waals surface area contributed by atoms with Crippen molar-refractivity contribution in [2.75, 3.05) is 6.61 Å². The number of pyridine rings is 1. The number of ether oxygens (including phenoxy) is 1. The summed E-state index contributed by atoms with van der Waals surface area (Å²) in [4.78, 5) is 15.1. The highest BCUT2D eigenvalue weighted by atomic mass is 79.9. The van der Waals surface area contributed by atoms with Gasteiger partial charge in [-0.15, -0.1) is 0 Å². The van der Waals surface area contributed by atoms with Crippen LogP contribution in [0.25, 0.3) is 0 Å². The van der Waals surface area contributed by atoms with Gasteiger partial charge in [-0.1, -0.05) is 15.9 Å². The predicted molar refractivity (Wildman–Crippen MR) is 66.9 cm³/mol. The van der Waals surface area contributed by atoms with Gasteiger partial charge in [-0.2, -0.15) is 5.26 Å².